The van der Waals surface area contributed by atoms with Crippen LogP contribution >= 0.6 is 0 Å². The summed E-state index contributed by atoms with van der Waals surface area (Å²) >= 11 is 0. The van der Waals surface area contributed by atoms with Crippen LogP contribution in [-0.4, -0.2) is 65.9 Å². The predicted octanol–water partition coefficient (Wildman–Crippen LogP) is 2.95. The smallest absolute Gasteiger partial charge is 0.350 e. The predicted molar refractivity (Wildman–Crippen MR) is 110 cm³/mol. The monoisotopic (exact) mass is 428 g/mol. The average Bonchev–Trinajstić information content (AvgIpc) is 2.84. The van der Waals surface area contributed by atoms with E-state index in [0.29, 0.717) is 31.9 Å². The standard InChI is InChI=1S/C21H31F3N4O2/c1-15(19(30)25-17-8-6-16(7-9-17)21(22,23)24)28-11-5-10-27(12-13-28)14-18(29)26-20(2,3)4/h6-9,15H,5,10-14H2,1-4H3,(H,25,30)(H,26,29)/t15-/m0/s1. The lowest BCUT2D eigenvalue weighted by Crippen LogP contribution is -2.47. The zero-order valence-corrected chi connectivity index (χ0v) is 18.0. The maximum Gasteiger partial charge on any atom is 0.416 e. The number of benzene rings is 1. The van der Waals surface area contributed by atoms with Crippen LogP contribution in [0.15, 0.2) is 24.3 Å². The van der Waals surface area contributed by atoms with E-state index in [2.05, 4.69) is 15.5 Å². The fraction of sp³-hybridized carbons (Fsp3) is 0.619. The minimum absolute atomic E-state index is 0.0240. The number of amides is 2. The summed E-state index contributed by atoms with van der Waals surface area (Å²) in [5, 5.41) is 5.63. The van der Waals surface area contributed by atoms with Crippen LogP contribution in [0.3, 0.4) is 0 Å². The molecule has 1 fully saturated rings. The van der Waals surface area contributed by atoms with Crippen LogP contribution in [0.25, 0.3) is 0 Å². The molecule has 0 aliphatic carbocycles. The molecule has 1 aliphatic rings. The fourth-order valence-electron chi connectivity index (χ4n) is 3.35. The zero-order valence-electron chi connectivity index (χ0n) is 18.0. The lowest BCUT2D eigenvalue weighted by Gasteiger charge is -2.27. The molecule has 0 aromatic heterocycles. The SMILES string of the molecule is C[C@@H](C(=O)Nc1ccc(C(F)(F)F)cc1)N1CCCN(CC(=O)NC(C)(C)C)CC1. The number of rotatable bonds is 5. The molecule has 9 heteroatoms. The van der Waals surface area contributed by atoms with Gasteiger partial charge in [0.2, 0.25) is 11.8 Å². The van der Waals surface area contributed by atoms with Gasteiger partial charge in [-0.05, 0) is 64.9 Å². The van der Waals surface area contributed by atoms with Gasteiger partial charge in [0.1, 0.15) is 0 Å². The Morgan fingerprint density at radius 2 is 1.67 bits per heavy atom. The van der Waals surface area contributed by atoms with Gasteiger partial charge in [0.05, 0.1) is 18.2 Å². The molecule has 1 atom stereocenters. The molecule has 1 aromatic rings. The van der Waals surface area contributed by atoms with Crippen LogP contribution in [0.1, 0.15) is 39.7 Å². The Balaban J connectivity index is 1.87. The number of nitrogens with zero attached hydrogens (tertiary/aromatic N) is 2. The molecule has 1 heterocycles. The fourth-order valence-corrected chi connectivity index (χ4v) is 3.35. The van der Waals surface area contributed by atoms with Crippen molar-refractivity contribution in [1.82, 2.24) is 15.1 Å². The van der Waals surface area contributed by atoms with Gasteiger partial charge in [0.25, 0.3) is 0 Å². The van der Waals surface area contributed by atoms with Crippen molar-refractivity contribution in [3.05, 3.63) is 29.8 Å². The molecule has 2 N–H and O–H groups in total. The Morgan fingerprint density at radius 3 is 2.23 bits per heavy atom. The lowest BCUT2D eigenvalue weighted by atomic mass is 10.1. The maximum atomic E-state index is 12.7. The molecule has 1 aromatic carbocycles. The summed E-state index contributed by atoms with van der Waals surface area (Å²) < 4.78 is 38.0. The highest BCUT2D eigenvalue weighted by Gasteiger charge is 2.30. The molecule has 1 saturated heterocycles. The molecular formula is C21H31F3N4O2. The maximum absolute atomic E-state index is 12.7. The first kappa shape index (κ1) is 24.1. The largest absolute Gasteiger partial charge is 0.416 e. The third kappa shape index (κ3) is 7.60. The van der Waals surface area contributed by atoms with E-state index >= 15 is 0 Å². The first-order valence-electron chi connectivity index (χ1n) is 10.1. The molecule has 6 nitrogen and oxygen atoms in total. The summed E-state index contributed by atoms with van der Waals surface area (Å²) in [6.45, 7) is 10.7. The zero-order chi connectivity index (χ0) is 22.5. The molecule has 0 unspecified atom stereocenters. The second-order valence-electron chi connectivity index (χ2n) is 8.70. The number of anilines is 1. The molecule has 2 rings (SSSR count). The highest BCUT2D eigenvalue weighted by Crippen LogP contribution is 2.29. The quantitative estimate of drug-likeness (QED) is 0.757. The molecule has 1 aliphatic heterocycles. The van der Waals surface area contributed by atoms with Crippen molar-refractivity contribution in [1.29, 1.82) is 0 Å². The van der Waals surface area contributed by atoms with Crippen LogP contribution in [0.4, 0.5) is 18.9 Å². The second kappa shape index (κ2) is 9.78. The van der Waals surface area contributed by atoms with E-state index in [4.69, 9.17) is 0 Å². The van der Waals surface area contributed by atoms with Crippen molar-refractivity contribution in [3.8, 4) is 0 Å². The minimum Gasteiger partial charge on any atom is -0.350 e. The summed E-state index contributed by atoms with van der Waals surface area (Å²) in [6, 6.07) is 3.98. The summed E-state index contributed by atoms with van der Waals surface area (Å²) in [7, 11) is 0. The highest BCUT2D eigenvalue weighted by molar-refractivity contribution is 5.94. The topological polar surface area (TPSA) is 64.7 Å². The second-order valence-corrected chi connectivity index (χ2v) is 8.70. The summed E-state index contributed by atoms with van der Waals surface area (Å²) in [6.07, 6.45) is -3.59. The summed E-state index contributed by atoms with van der Waals surface area (Å²) in [4.78, 5) is 28.8. The molecular weight excluding hydrogens is 397 g/mol. The van der Waals surface area contributed by atoms with E-state index in [1.807, 2.05) is 25.7 Å². The van der Waals surface area contributed by atoms with Gasteiger partial charge in [0.15, 0.2) is 0 Å². The van der Waals surface area contributed by atoms with E-state index in [1.165, 1.54) is 12.1 Å². The van der Waals surface area contributed by atoms with E-state index in [1.54, 1.807) is 6.92 Å². The van der Waals surface area contributed by atoms with Crippen molar-refractivity contribution >= 4 is 17.5 Å². The van der Waals surface area contributed by atoms with Gasteiger partial charge in [-0.2, -0.15) is 13.2 Å². The lowest BCUT2D eigenvalue weighted by molar-refractivity contribution is -0.137. The molecule has 2 amide bonds. The number of hydrogen-bond acceptors (Lipinski definition) is 4. The van der Waals surface area contributed by atoms with Crippen molar-refractivity contribution in [2.24, 2.45) is 0 Å². The molecule has 168 valence electrons. The van der Waals surface area contributed by atoms with Crippen LogP contribution in [0.5, 0.6) is 0 Å². The van der Waals surface area contributed by atoms with Gasteiger partial charge in [-0.1, -0.05) is 0 Å². The van der Waals surface area contributed by atoms with Crippen LogP contribution in [0, 0.1) is 0 Å². The van der Waals surface area contributed by atoms with E-state index in [9.17, 15) is 22.8 Å². The summed E-state index contributed by atoms with van der Waals surface area (Å²) in [5.41, 5.74) is -0.702. The third-order valence-electron chi connectivity index (χ3n) is 4.91. The van der Waals surface area contributed by atoms with Gasteiger partial charge < -0.3 is 10.6 Å². The number of halogens is 3. The Morgan fingerprint density at radius 1 is 1.03 bits per heavy atom. The van der Waals surface area contributed by atoms with Crippen LogP contribution in [-0.2, 0) is 15.8 Å². The summed E-state index contributed by atoms with van der Waals surface area (Å²) in [5.74, 6) is -0.294. The first-order chi connectivity index (χ1) is 13.8. The molecule has 0 radical (unpaired) electrons. The highest BCUT2D eigenvalue weighted by atomic mass is 19.4. The van der Waals surface area contributed by atoms with E-state index < -0.39 is 17.8 Å². The van der Waals surface area contributed by atoms with Gasteiger partial charge >= 0.3 is 6.18 Å². The minimum atomic E-state index is -4.41. The normalized spacial score (nSPS) is 17.8. The van der Waals surface area contributed by atoms with E-state index in [0.717, 1.165) is 25.1 Å². The molecule has 0 spiro atoms. The number of hydrogen-bond donors (Lipinski definition) is 2. The molecule has 0 bridgehead atoms. The van der Waals surface area contributed by atoms with Crippen molar-refractivity contribution < 1.29 is 22.8 Å². The number of alkyl halides is 3. The van der Waals surface area contributed by atoms with Gasteiger partial charge in [-0.15, -0.1) is 0 Å². The van der Waals surface area contributed by atoms with Crippen LogP contribution < -0.4 is 10.6 Å². The van der Waals surface area contributed by atoms with Crippen molar-refractivity contribution in [2.45, 2.75) is 51.9 Å². The van der Waals surface area contributed by atoms with Gasteiger partial charge in [-0.25, -0.2) is 0 Å². The number of carbonyl (C=O) groups excluding carboxylic acids is 2. The van der Waals surface area contributed by atoms with Gasteiger partial charge in [0, 0.05) is 30.9 Å². The van der Waals surface area contributed by atoms with Crippen LogP contribution in [0.2, 0.25) is 0 Å². The van der Waals surface area contributed by atoms with Crippen molar-refractivity contribution in [3.63, 3.8) is 0 Å². The number of nitrogens with one attached hydrogen (secondary N) is 2. The molecule has 30 heavy (non-hydrogen) atoms. The Bertz CT molecular complexity index is 729. The Hall–Kier alpha value is -2.13. The average molecular weight is 428 g/mol. The molecule has 0 saturated carbocycles. The van der Waals surface area contributed by atoms with Crippen molar-refractivity contribution in [2.75, 3.05) is 38.0 Å². The Labute approximate surface area is 175 Å². The van der Waals surface area contributed by atoms with E-state index in [-0.39, 0.29) is 17.4 Å². The Kier molecular flexibility index (Phi) is 7.87. The first-order valence-corrected chi connectivity index (χ1v) is 10.1. The van der Waals surface area contributed by atoms with Gasteiger partial charge in [-0.3, -0.25) is 19.4 Å². The number of carbonyl (C=O) groups is 2. The third-order valence-corrected chi connectivity index (χ3v) is 4.91.